The van der Waals surface area contributed by atoms with E-state index in [4.69, 9.17) is 16.3 Å². The van der Waals surface area contributed by atoms with Crippen molar-refractivity contribution < 1.29 is 14.6 Å². The van der Waals surface area contributed by atoms with Gasteiger partial charge in [-0.15, -0.1) is 0 Å². The molecule has 0 fully saturated rings. The van der Waals surface area contributed by atoms with Crippen LogP contribution in [0.4, 0.5) is 0 Å². The summed E-state index contributed by atoms with van der Waals surface area (Å²) >= 11 is 6.56. The van der Waals surface area contributed by atoms with Gasteiger partial charge in [-0.05, 0) is 76.1 Å². The van der Waals surface area contributed by atoms with Crippen LogP contribution in [-0.2, 0) is 24.1 Å². The monoisotopic (exact) mass is 520 g/mol. The van der Waals surface area contributed by atoms with Crippen molar-refractivity contribution in [1.29, 1.82) is 0 Å². The van der Waals surface area contributed by atoms with Crippen LogP contribution < -0.4 is 4.74 Å². The summed E-state index contributed by atoms with van der Waals surface area (Å²) in [4.78, 5) is 11.4. The Balaban J connectivity index is 1.70. The number of carboxylic acid groups (broad SMARTS) is 1. The minimum atomic E-state index is -1.00. The average Bonchev–Trinajstić information content (AvgIpc) is 2.91. The Kier molecular flexibility index (Phi) is 7.76. The summed E-state index contributed by atoms with van der Waals surface area (Å²) in [7, 11) is 0. The van der Waals surface area contributed by atoms with Gasteiger partial charge in [-0.25, -0.2) is 4.79 Å². The van der Waals surface area contributed by atoms with Crippen molar-refractivity contribution in [1.82, 2.24) is 0 Å². The summed E-state index contributed by atoms with van der Waals surface area (Å²) in [6.45, 7) is 1.58. The predicted molar refractivity (Wildman–Crippen MR) is 155 cm³/mol. The SMILES string of the molecule is Cc1cc2cc(Cc3ccccc3)c(Cc3ccccc3)cc2c(Cc2ccccc2Cl)c1OCC(=O)O. The Morgan fingerprint density at radius 1 is 0.737 bits per heavy atom. The molecule has 0 bridgehead atoms. The van der Waals surface area contributed by atoms with Crippen LogP contribution in [-0.4, -0.2) is 17.7 Å². The number of hydrogen-bond donors (Lipinski definition) is 1. The Labute approximate surface area is 228 Å². The molecule has 0 saturated carbocycles. The highest BCUT2D eigenvalue weighted by Crippen LogP contribution is 2.37. The lowest BCUT2D eigenvalue weighted by atomic mass is 9.88. The number of hydrogen-bond acceptors (Lipinski definition) is 2. The first-order chi connectivity index (χ1) is 18.5. The summed E-state index contributed by atoms with van der Waals surface area (Å²) in [5, 5.41) is 12.2. The molecule has 190 valence electrons. The number of halogens is 1. The molecule has 0 aliphatic heterocycles. The molecule has 0 aliphatic carbocycles. The maximum atomic E-state index is 11.4. The molecule has 5 rings (SSSR count). The lowest BCUT2D eigenvalue weighted by Gasteiger charge is -2.20. The van der Waals surface area contributed by atoms with Gasteiger partial charge in [0.2, 0.25) is 0 Å². The third-order valence-electron chi connectivity index (χ3n) is 6.84. The first-order valence-electron chi connectivity index (χ1n) is 12.7. The number of benzene rings is 5. The number of rotatable bonds is 9. The van der Waals surface area contributed by atoms with Gasteiger partial charge in [0.1, 0.15) is 5.75 Å². The second-order valence-electron chi connectivity index (χ2n) is 9.62. The molecule has 38 heavy (non-hydrogen) atoms. The van der Waals surface area contributed by atoms with Gasteiger partial charge >= 0.3 is 5.97 Å². The third kappa shape index (κ3) is 5.90. The summed E-state index contributed by atoms with van der Waals surface area (Å²) in [6.07, 6.45) is 2.16. The van der Waals surface area contributed by atoms with Crippen LogP contribution in [0.1, 0.15) is 38.9 Å². The zero-order chi connectivity index (χ0) is 26.5. The lowest BCUT2D eigenvalue weighted by molar-refractivity contribution is -0.139. The zero-order valence-corrected chi connectivity index (χ0v) is 22.0. The highest BCUT2D eigenvalue weighted by Gasteiger charge is 2.18. The minimum absolute atomic E-state index is 0.398. The summed E-state index contributed by atoms with van der Waals surface area (Å²) in [5.74, 6) is -0.391. The van der Waals surface area contributed by atoms with Crippen LogP contribution in [0.15, 0.2) is 103 Å². The van der Waals surface area contributed by atoms with Crippen LogP contribution >= 0.6 is 11.6 Å². The lowest BCUT2D eigenvalue weighted by Crippen LogP contribution is -2.12. The molecule has 0 atom stereocenters. The largest absolute Gasteiger partial charge is 0.481 e. The summed E-state index contributed by atoms with van der Waals surface area (Å²) in [5.41, 5.74) is 7.84. The highest BCUT2D eigenvalue weighted by molar-refractivity contribution is 6.31. The molecule has 0 aromatic heterocycles. The zero-order valence-electron chi connectivity index (χ0n) is 21.3. The van der Waals surface area contributed by atoms with Gasteiger partial charge < -0.3 is 9.84 Å². The molecule has 5 aromatic rings. The van der Waals surface area contributed by atoms with E-state index < -0.39 is 12.6 Å². The van der Waals surface area contributed by atoms with E-state index >= 15 is 0 Å². The number of aliphatic carboxylic acids is 1. The molecule has 0 amide bonds. The molecule has 0 radical (unpaired) electrons. The molecule has 5 aromatic carbocycles. The number of ether oxygens (including phenoxy) is 1. The quantitative estimate of drug-likeness (QED) is 0.214. The van der Waals surface area contributed by atoms with Gasteiger partial charge in [-0.1, -0.05) is 103 Å². The molecule has 0 aliphatic rings. The second-order valence-corrected chi connectivity index (χ2v) is 10.0. The van der Waals surface area contributed by atoms with E-state index in [0.717, 1.165) is 40.3 Å². The van der Waals surface area contributed by atoms with Crippen molar-refractivity contribution >= 4 is 28.3 Å². The fourth-order valence-electron chi connectivity index (χ4n) is 5.05. The van der Waals surface area contributed by atoms with E-state index in [1.165, 1.54) is 22.3 Å². The fraction of sp³-hybridized carbons (Fsp3) is 0.147. The van der Waals surface area contributed by atoms with Gasteiger partial charge in [0.15, 0.2) is 6.61 Å². The van der Waals surface area contributed by atoms with E-state index in [-0.39, 0.29) is 0 Å². The topological polar surface area (TPSA) is 46.5 Å². The van der Waals surface area contributed by atoms with Crippen LogP contribution in [0.2, 0.25) is 5.02 Å². The van der Waals surface area contributed by atoms with Crippen molar-refractivity contribution in [3.05, 3.63) is 147 Å². The number of carboxylic acids is 1. The first-order valence-corrected chi connectivity index (χ1v) is 13.1. The summed E-state index contributed by atoms with van der Waals surface area (Å²) < 4.78 is 5.89. The van der Waals surface area contributed by atoms with Gasteiger partial charge in [0, 0.05) is 17.0 Å². The van der Waals surface area contributed by atoms with E-state index in [1.807, 2.05) is 43.3 Å². The molecular formula is C34H29ClO3. The number of fused-ring (bicyclic) bond motifs is 1. The van der Waals surface area contributed by atoms with E-state index in [1.54, 1.807) is 0 Å². The summed E-state index contributed by atoms with van der Waals surface area (Å²) in [6, 6.07) is 35.4. The number of aryl methyl sites for hydroxylation is 1. The van der Waals surface area contributed by atoms with Gasteiger partial charge in [0.05, 0.1) is 0 Å². The van der Waals surface area contributed by atoms with Crippen molar-refractivity contribution in [3.8, 4) is 5.75 Å². The molecule has 3 nitrogen and oxygen atoms in total. The first kappa shape index (κ1) is 25.6. The van der Waals surface area contributed by atoms with Crippen LogP contribution in [0.25, 0.3) is 10.8 Å². The Hall–Kier alpha value is -4.08. The van der Waals surface area contributed by atoms with Crippen molar-refractivity contribution in [2.24, 2.45) is 0 Å². The molecular weight excluding hydrogens is 492 g/mol. The fourth-order valence-corrected chi connectivity index (χ4v) is 5.25. The Bertz CT molecular complexity index is 1580. The third-order valence-corrected chi connectivity index (χ3v) is 7.21. The molecule has 4 heteroatoms. The molecule has 0 heterocycles. The Morgan fingerprint density at radius 2 is 1.32 bits per heavy atom. The highest BCUT2D eigenvalue weighted by atomic mass is 35.5. The number of carbonyl (C=O) groups is 1. The predicted octanol–water partition coefficient (Wildman–Crippen LogP) is 8.04. The van der Waals surface area contributed by atoms with Gasteiger partial charge in [-0.2, -0.15) is 0 Å². The van der Waals surface area contributed by atoms with Crippen molar-refractivity contribution in [2.45, 2.75) is 26.2 Å². The molecule has 0 unspecified atom stereocenters. The van der Waals surface area contributed by atoms with E-state index in [2.05, 4.69) is 66.7 Å². The van der Waals surface area contributed by atoms with Crippen LogP contribution in [0, 0.1) is 6.92 Å². The van der Waals surface area contributed by atoms with Gasteiger partial charge in [0.25, 0.3) is 0 Å². The van der Waals surface area contributed by atoms with Crippen molar-refractivity contribution in [3.63, 3.8) is 0 Å². The van der Waals surface area contributed by atoms with E-state index in [9.17, 15) is 9.90 Å². The Morgan fingerprint density at radius 3 is 1.92 bits per heavy atom. The molecule has 0 spiro atoms. The second kappa shape index (κ2) is 11.5. The average molecular weight is 521 g/mol. The van der Waals surface area contributed by atoms with Crippen LogP contribution in [0.3, 0.4) is 0 Å². The smallest absolute Gasteiger partial charge is 0.341 e. The van der Waals surface area contributed by atoms with Crippen LogP contribution in [0.5, 0.6) is 5.75 Å². The minimum Gasteiger partial charge on any atom is -0.481 e. The maximum Gasteiger partial charge on any atom is 0.341 e. The standard InChI is InChI=1S/C34H29ClO3/c1-23-16-29-19-27(17-24-10-4-2-5-11-24)28(18-25-12-6-3-7-13-25)21-30(29)31(34(23)38-22-33(36)37)20-26-14-8-9-15-32(26)35/h2-16,19,21H,17-18,20,22H2,1H3,(H,36,37). The maximum absolute atomic E-state index is 11.4. The van der Waals surface area contributed by atoms with E-state index in [0.29, 0.717) is 17.2 Å². The van der Waals surface area contributed by atoms with Crippen molar-refractivity contribution in [2.75, 3.05) is 6.61 Å². The molecule has 0 saturated heterocycles. The van der Waals surface area contributed by atoms with Gasteiger partial charge in [-0.3, -0.25) is 0 Å². The molecule has 1 N–H and O–H groups in total. The normalized spacial score (nSPS) is 11.0.